The molecule has 192 valence electrons. The van der Waals surface area contributed by atoms with E-state index in [2.05, 4.69) is 113 Å². The lowest BCUT2D eigenvalue weighted by molar-refractivity contribution is 0.295. The van der Waals surface area contributed by atoms with E-state index >= 15 is 0 Å². The fraction of sp³-hybridized carbons (Fsp3) is 1.00. The Morgan fingerprint density at radius 1 is 0.387 bits per heavy atom. The molecule has 0 saturated heterocycles. The first-order valence-electron chi connectivity index (χ1n) is 8.68. The lowest BCUT2D eigenvalue weighted by Crippen LogP contribution is -2.44. The Hall–Kier alpha value is 0.150. The van der Waals surface area contributed by atoms with Gasteiger partial charge < -0.3 is 34.5 Å². The third-order valence-electron chi connectivity index (χ3n) is 3.35. The monoisotopic (exact) mass is 516 g/mol. The van der Waals surface area contributed by atoms with Crippen molar-refractivity contribution in [2.75, 3.05) is 84.6 Å². The van der Waals surface area contributed by atoms with Crippen LogP contribution >= 0.6 is 15.9 Å². The molecule has 0 aromatic heterocycles. The van der Waals surface area contributed by atoms with E-state index in [0.29, 0.717) is 0 Å². The summed E-state index contributed by atoms with van der Waals surface area (Å²) in [5.41, 5.74) is 0. The van der Waals surface area contributed by atoms with Crippen molar-refractivity contribution in [1.29, 1.82) is 0 Å². The van der Waals surface area contributed by atoms with Crippen molar-refractivity contribution in [3.63, 3.8) is 0 Å². The predicted octanol–water partition coefficient (Wildman–Crippen LogP) is 4.33. The molecule has 0 aliphatic rings. The van der Waals surface area contributed by atoms with Gasteiger partial charge >= 0.3 is 30.4 Å². The first-order valence-corrected chi connectivity index (χ1v) is 11.8. The lowest BCUT2D eigenvalue weighted by Gasteiger charge is -2.42. The Kier molecular flexibility index (Phi) is 15.9. The summed E-state index contributed by atoms with van der Waals surface area (Å²) in [6, 6.07) is 0. The highest BCUT2D eigenvalue weighted by atomic mass is 31.3. The SMILES string of the molecule is CN(C)[P+](O[P+](N(C)C)(N(C)C)N(C)C)(N(C)C)N(C)C.F[B-](F)(F)F.F[B-](F)(F)F. The van der Waals surface area contributed by atoms with Crippen LogP contribution in [0.5, 0.6) is 0 Å². The fourth-order valence-corrected chi connectivity index (χ4v) is 11.7. The van der Waals surface area contributed by atoms with Gasteiger partial charge in [0.15, 0.2) is 0 Å². The van der Waals surface area contributed by atoms with Crippen LogP contribution in [0.2, 0.25) is 0 Å². The van der Waals surface area contributed by atoms with E-state index in [4.69, 9.17) is 4.31 Å². The molecule has 0 N–H and O–H groups in total. The topological polar surface area (TPSA) is 28.7 Å². The third-order valence-corrected chi connectivity index (χ3v) is 11.4. The summed E-state index contributed by atoms with van der Waals surface area (Å²) in [6.45, 7) is 0. The van der Waals surface area contributed by atoms with Gasteiger partial charge in [0.25, 0.3) is 0 Å². The van der Waals surface area contributed by atoms with Crippen LogP contribution in [0.3, 0.4) is 0 Å². The minimum Gasteiger partial charge on any atom is -0.418 e. The van der Waals surface area contributed by atoms with Gasteiger partial charge in [0.1, 0.15) is 0 Å². The Balaban J connectivity index is -0.000000646. The Morgan fingerprint density at radius 2 is 0.484 bits per heavy atom. The molecule has 0 aliphatic heterocycles. The molecule has 0 fully saturated rings. The van der Waals surface area contributed by atoms with Crippen LogP contribution in [-0.4, -0.2) is 127 Å². The van der Waals surface area contributed by atoms with Gasteiger partial charge in [-0.15, -0.1) is 28.0 Å². The minimum atomic E-state index is -6.00. The molecular weight excluding hydrogens is 480 g/mol. The van der Waals surface area contributed by atoms with E-state index in [1.165, 1.54) is 0 Å². The zero-order chi connectivity index (χ0) is 26.2. The summed E-state index contributed by atoms with van der Waals surface area (Å²) in [5, 5.41) is 0. The van der Waals surface area contributed by atoms with Crippen molar-refractivity contribution < 1.29 is 38.8 Å². The molecule has 0 aliphatic carbocycles. The van der Waals surface area contributed by atoms with Gasteiger partial charge in [-0.3, -0.25) is 0 Å². The van der Waals surface area contributed by atoms with Gasteiger partial charge in [0.05, 0.1) is 0 Å². The molecule has 0 rings (SSSR count). The molecule has 0 spiro atoms. The van der Waals surface area contributed by atoms with E-state index in [9.17, 15) is 34.5 Å². The summed E-state index contributed by atoms with van der Waals surface area (Å²) in [5.74, 6) is 0. The molecule has 0 radical (unpaired) electrons. The molecule has 0 amide bonds. The van der Waals surface area contributed by atoms with Crippen molar-refractivity contribution in [2.24, 2.45) is 0 Å². The molecule has 19 heteroatoms. The molecule has 0 atom stereocenters. The second-order valence-electron chi connectivity index (χ2n) is 7.18. The molecule has 0 saturated carbocycles. The first-order chi connectivity index (χ1) is 13.4. The third kappa shape index (κ3) is 13.4. The van der Waals surface area contributed by atoms with Crippen LogP contribution in [0.1, 0.15) is 0 Å². The van der Waals surface area contributed by atoms with Crippen LogP contribution in [-0.2, 0) is 4.31 Å². The average Bonchev–Trinajstić information content (AvgIpc) is 2.42. The van der Waals surface area contributed by atoms with Gasteiger partial charge in [-0.2, -0.15) is 0 Å². The normalized spacial score (nSPS) is 13.7. The smallest absolute Gasteiger partial charge is 0.418 e. The van der Waals surface area contributed by atoms with E-state index in [-0.39, 0.29) is 0 Å². The molecule has 31 heavy (non-hydrogen) atoms. The van der Waals surface area contributed by atoms with Crippen LogP contribution in [0, 0.1) is 0 Å². The number of halogens is 8. The van der Waals surface area contributed by atoms with Crippen molar-refractivity contribution in [3.05, 3.63) is 0 Å². The second kappa shape index (κ2) is 13.8. The summed E-state index contributed by atoms with van der Waals surface area (Å²) < 4.78 is 98.2. The molecule has 7 nitrogen and oxygen atoms in total. The Labute approximate surface area is 182 Å². The highest BCUT2D eigenvalue weighted by molar-refractivity contribution is 7.77. The zero-order valence-electron chi connectivity index (χ0n) is 20.2. The lowest BCUT2D eigenvalue weighted by atomic mass is 10.3. The Morgan fingerprint density at radius 3 is 0.548 bits per heavy atom. The summed E-state index contributed by atoms with van der Waals surface area (Å²) >= 11 is 0. The van der Waals surface area contributed by atoms with Crippen LogP contribution in [0.4, 0.5) is 34.5 Å². The van der Waals surface area contributed by atoms with E-state index in [1.807, 2.05) is 0 Å². The van der Waals surface area contributed by atoms with Gasteiger partial charge in [0, 0.05) is 88.9 Å². The summed E-state index contributed by atoms with van der Waals surface area (Å²) in [6.07, 6.45) is 0. The maximum Gasteiger partial charge on any atom is 0.673 e. The zero-order valence-corrected chi connectivity index (χ0v) is 22.0. The van der Waals surface area contributed by atoms with E-state index < -0.39 is 30.4 Å². The van der Waals surface area contributed by atoms with Crippen molar-refractivity contribution in [2.45, 2.75) is 0 Å². The molecule has 0 heterocycles. The highest BCUT2D eigenvalue weighted by Gasteiger charge is 2.67. The molecule has 0 unspecified atom stereocenters. The largest absolute Gasteiger partial charge is 0.673 e. The van der Waals surface area contributed by atoms with Crippen LogP contribution in [0.15, 0.2) is 0 Å². The Bertz CT molecular complexity index is 401. The predicted molar refractivity (Wildman–Crippen MR) is 117 cm³/mol. The first kappa shape index (κ1) is 35.7. The molecule has 0 aromatic rings. The quantitative estimate of drug-likeness (QED) is 0.270. The van der Waals surface area contributed by atoms with Gasteiger partial charge in [-0.1, -0.05) is 0 Å². The number of hydrogen-bond donors (Lipinski definition) is 0. The van der Waals surface area contributed by atoms with Crippen LogP contribution in [0.25, 0.3) is 0 Å². The maximum absolute atomic E-state index is 9.75. The second-order valence-corrected chi connectivity index (χ2v) is 14.7. The van der Waals surface area contributed by atoms with Crippen molar-refractivity contribution in [1.82, 2.24) is 28.0 Å². The van der Waals surface area contributed by atoms with Crippen LogP contribution < -0.4 is 0 Å². The maximum atomic E-state index is 9.75. The number of rotatable bonds is 8. The van der Waals surface area contributed by atoms with Gasteiger partial charge in [0.2, 0.25) is 0 Å². The average molecular weight is 516 g/mol. The van der Waals surface area contributed by atoms with Gasteiger partial charge in [-0.25, -0.2) is 0 Å². The highest BCUT2D eigenvalue weighted by Crippen LogP contribution is 2.80. The van der Waals surface area contributed by atoms with E-state index in [0.717, 1.165) is 0 Å². The van der Waals surface area contributed by atoms with Crippen molar-refractivity contribution in [3.8, 4) is 0 Å². The number of hydrogen-bond acceptors (Lipinski definition) is 7. The van der Waals surface area contributed by atoms with Crippen molar-refractivity contribution >= 4 is 30.4 Å². The summed E-state index contributed by atoms with van der Waals surface area (Å²) in [4.78, 5) is 0. The standard InChI is InChI=1S/C12H36N6OP2.2BF4/c1-13(2)20(14(3)4,15(5)6)19-21(16(7)8,17(9)10)18(11)12;2*2-1(3,4)5/h1-12H3;;/q+2;2*-1. The number of nitrogens with zero attached hydrogens (tertiary/aromatic N) is 6. The fourth-order valence-electron chi connectivity index (χ4n) is 2.73. The molecule has 0 aromatic carbocycles. The van der Waals surface area contributed by atoms with Gasteiger partial charge in [-0.05, 0) is 0 Å². The molecular formula is C12H36B2F8N6OP2. The van der Waals surface area contributed by atoms with E-state index in [1.54, 1.807) is 0 Å². The minimum absolute atomic E-state index is 2.07. The molecule has 0 bridgehead atoms. The summed E-state index contributed by atoms with van der Waals surface area (Å²) in [7, 11) is 8.90.